The van der Waals surface area contributed by atoms with Crippen LogP contribution in [0.1, 0.15) is 31.9 Å². The van der Waals surface area contributed by atoms with E-state index >= 15 is 0 Å². The number of aliphatic carboxylic acids is 1. The molecule has 0 heterocycles. The highest BCUT2D eigenvalue weighted by Gasteiger charge is 2.21. The average Bonchev–Trinajstić information content (AvgIpc) is 2.61. The van der Waals surface area contributed by atoms with Crippen LogP contribution in [0.3, 0.4) is 0 Å². The van der Waals surface area contributed by atoms with E-state index in [1.807, 2.05) is 60.7 Å². The second-order valence-corrected chi connectivity index (χ2v) is 6.78. The van der Waals surface area contributed by atoms with Crippen molar-refractivity contribution >= 4 is 17.5 Å². The number of hydrogen-bond donors (Lipinski definition) is 2. The largest absolute Gasteiger partial charge is 0.477 e. The van der Waals surface area contributed by atoms with Gasteiger partial charge < -0.3 is 5.11 Å². The van der Waals surface area contributed by atoms with Crippen LogP contribution in [-0.2, 0) is 9.59 Å². The van der Waals surface area contributed by atoms with Gasteiger partial charge in [0.15, 0.2) is 5.78 Å². The third-order valence-corrected chi connectivity index (χ3v) is 3.63. The number of hydrogen-bond acceptors (Lipinski definition) is 4. The van der Waals surface area contributed by atoms with E-state index in [4.69, 9.17) is 0 Å². The Morgan fingerprint density at radius 1 is 0.923 bits per heavy atom. The number of hydrazone groups is 1. The van der Waals surface area contributed by atoms with Crippen molar-refractivity contribution in [2.75, 3.05) is 0 Å². The third-order valence-electron chi connectivity index (χ3n) is 3.63. The summed E-state index contributed by atoms with van der Waals surface area (Å²) in [6, 6.07) is 18.9. The Bertz CT molecular complexity index is 791. The van der Waals surface area contributed by atoms with Crippen LogP contribution in [-0.4, -0.2) is 22.6 Å². The second kappa shape index (κ2) is 8.25. The Hall–Kier alpha value is -3.21. The third kappa shape index (κ3) is 5.14. The molecule has 0 fully saturated rings. The number of carboxylic acids is 1. The monoisotopic (exact) mass is 350 g/mol. The van der Waals surface area contributed by atoms with Gasteiger partial charge in [0.05, 0.1) is 5.71 Å². The molecule has 0 saturated heterocycles. The van der Waals surface area contributed by atoms with Crippen LogP contribution in [0.4, 0.5) is 0 Å². The molecule has 0 atom stereocenters. The van der Waals surface area contributed by atoms with Crippen LogP contribution < -0.4 is 5.43 Å². The van der Waals surface area contributed by atoms with Crippen molar-refractivity contribution in [2.24, 2.45) is 10.5 Å². The average molecular weight is 350 g/mol. The molecule has 5 nitrogen and oxygen atoms in total. The maximum atomic E-state index is 12.1. The molecule has 26 heavy (non-hydrogen) atoms. The minimum Gasteiger partial charge on any atom is -0.477 e. The van der Waals surface area contributed by atoms with Crippen LogP contribution in [0, 0.1) is 5.41 Å². The molecule has 0 amide bonds. The molecule has 134 valence electrons. The fraction of sp³-hybridized carbons (Fsp3) is 0.190. The second-order valence-electron chi connectivity index (χ2n) is 6.78. The molecule has 0 aliphatic rings. The van der Waals surface area contributed by atoms with Gasteiger partial charge in [0.1, 0.15) is 5.70 Å². The lowest BCUT2D eigenvalue weighted by Crippen LogP contribution is -2.23. The summed E-state index contributed by atoms with van der Waals surface area (Å²) in [7, 11) is 0. The summed E-state index contributed by atoms with van der Waals surface area (Å²) in [5, 5.41) is 13.7. The normalized spacial score (nSPS) is 11.6. The summed E-state index contributed by atoms with van der Waals surface area (Å²) < 4.78 is 0. The predicted molar refractivity (Wildman–Crippen MR) is 102 cm³/mol. The molecule has 0 aromatic heterocycles. The Balaban J connectivity index is 2.42. The van der Waals surface area contributed by atoms with Gasteiger partial charge in [0.25, 0.3) is 0 Å². The molecule has 2 N–H and O–H groups in total. The van der Waals surface area contributed by atoms with Crippen molar-refractivity contribution in [3.63, 3.8) is 0 Å². The van der Waals surface area contributed by atoms with Gasteiger partial charge >= 0.3 is 5.97 Å². The van der Waals surface area contributed by atoms with Crippen LogP contribution in [0.15, 0.2) is 77.5 Å². The maximum Gasteiger partial charge on any atom is 0.353 e. The van der Waals surface area contributed by atoms with Gasteiger partial charge in [0.2, 0.25) is 0 Å². The fourth-order valence-corrected chi connectivity index (χ4v) is 2.09. The summed E-state index contributed by atoms with van der Waals surface area (Å²) in [5.74, 6) is -1.54. The molecular weight excluding hydrogens is 328 g/mol. The van der Waals surface area contributed by atoms with E-state index < -0.39 is 11.4 Å². The van der Waals surface area contributed by atoms with Crippen molar-refractivity contribution < 1.29 is 14.7 Å². The fourth-order valence-electron chi connectivity index (χ4n) is 2.09. The van der Waals surface area contributed by atoms with E-state index in [0.717, 1.165) is 17.2 Å². The SMILES string of the molecule is CC(C)(C)C(=O)C=C(NN=C(c1ccccc1)c1ccccc1)C(=O)O. The number of allylic oxidation sites excluding steroid dienone is 1. The Morgan fingerprint density at radius 3 is 1.77 bits per heavy atom. The van der Waals surface area contributed by atoms with E-state index in [2.05, 4.69) is 10.5 Å². The van der Waals surface area contributed by atoms with E-state index in [9.17, 15) is 14.7 Å². The van der Waals surface area contributed by atoms with Crippen molar-refractivity contribution in [2.45, 2.75) is 20.8 Å². The lowest BCUT2D eigenvalue weighted by atomic mass is 9.90. The molecule has 5 heteroatoms. The van der Waals surface area contributed by atoms with Crippen molar-refractivity contribution in [1.82, 2.24) is 5.43 Å². The highest BCUT2D eigenvalue weighted by molar-refractivity contribution is 6.13. The number of benzene rings is 2. The number of nitrogens with zero attached hydrogens (tertiary/aromatic N) is 1. The summed E-state index contributed by atoms with van der Waals surface area (Å²) in [4.78, 5) is 23.6. The Kier molecular flexibility index (Phi) is 6.07. The van der Waals surface area contributed by atoms with Gasteiger partial charge in [-0.15, -0.1) is 0 Å². The standard InChI is InChI=1S/C21H22N2O3/c1-21(2,3)18(24)14-17(20(25)26)22-23-19(15-10-6-4-7-11-15)16-12-8-5-9-13-16/h4-14,22H,1-3H3,(H,25,26). The molecule has 2 aromatic rings. The van der Waals surface area contributed by atoms with Gasteiger partial charge in [-0.2, -0.15) is 5.10 Å². The summed E-state index contributed by atoms with van der Waals surface area (Å²) >= 11 is 0. The Morgan fingerprint density at radius 2 is 1.38 bits per heavy atom. The molecule has 0 aliphatic heterocycles. The van der Waals surface area contributed by atoms with Gasteiger partial charge in [-0.1, -0.05) is 81.4 Å². The first-order valence-corrected chi connectivity index (χ1v) is 8.23. The van der Waals surface area contributed by atoms with Gasteiger partial charge in [-0.3, -0.25) is 10.2 Å². The van der Waals surface area contributed by atoms with Crippen LogP contribution >= 0.6 is 0 Å². The molecule has 0 bridgehead atoms. The van der Waals surface area contributed by atoms with Gasteiger partial charge in [-0.25, -0.2) is 4.79 Å². The predicted octanol–water partition coefficient (Wildman–Crippen LogP) is 3.61. The smallest absolute Gasteiger partial charge is 0.353 e. The molecule has 2 aromatic carbocycles. The zero-order valence-corrected chi connectivity index (χ0v) is 15.1. The number of carbonyl (C=O) groups excluding carboxylic acids is 1. The van der Waals surface area contributed by atoms with E-state index in [0.29, 0.717) is 5.71 Å². The lowest BCUT2D eigenvalue weighted by molar-refractivity contribution is -0.133. The van der Waals surface area contributed by atoms with Crippen LogP contribution in [0.2, 0.25) is 0 Å². The van der Waals surface area contributed by atoms with E-state index in [1.54, 1.807) is 20.8 Å². The van der Waals surface area contributed by atoms with Crippen molar-refractivity contribution in [1.29, 1.82) is 0 Å². The van der Waals surface area contributed by atoms with Crippen LogP contribution in [0.25, 0.3) is 0 Å². The Labute approximate surface area is 153 Å². The quantitative estimate of drug-likeness (QED) is 0.474. The summed E-state index contributed by atoms with van der Waals surface area (Å²) in [5.41, 5.74) is 3.85. The molecule has 0 spiro atoms. The van der Waals surface area contributed by atoms with Gasteiger partial charge in [0, 0.05) is 22.6 Å². The number of carbonyl (C=O) groups is 2. The lowest BCUT2D eigenvalue weighted by Gasteiger charge is -2.14. The minimum absolute atomic E-state index is 0.269. The number of ketones is 1. The van der Waals surface area contributed by atoms with E-state index in [1.165, 1.54) is 0 Å². The van der Waals surface area contributed by atoms with Gasteiger partial charge in [-0.05, 0) is 0 Å². The molecule has 0 radical (unpaired) electrons. The van der Waals surface area contributed by atoms with Crippen molar-refractivity contribution in [3.05, 3.63) is 83.6 Å². The first-order chi connectivity index (χ1) is 12.3. The zero-order valence-electron chi connectivity index (χ0n) is 15.1. The molecular formula is C21H22N2O3. The van der Waals surface area contributed by atoms with E-state index in [-0.39, 0.29) is 11.5 Å². The van der Waals surface area contributed by atoms with Crippen molar-refractivity contribution in [3.8, 4) is 0 Å². The summed E-state index contributed by atoms with van der Waals surface area (Å²) in [6.07, 6.45) is 1.08. The molecule has 0 aliphatic carbocycles. The number of nitrogens with one attached hydrogen (secondary N) is 1. The highest BCUT2D eigenvalue weighted by atomic mass is 16.4. The first kappa shape index (κ1) is 19.1. The number of rotatable bonds is 6. The topological polar surface area (TPSA) is 78.8 Å². The zero-order chi connectivity index (χ0) is 19.2. The minimum atomic E-state index is -1.24. The molecule has 0 unspecified atom stereocenters. The maximum absolute atomic E-state index is 12.1. The number of carboxylic acid groups (broad SMARTS) is 1. The molecule has 2 rings (SSSR count). The van der Waals surface area contributed by atoms with Crippen LogP contribution in [0.5, 0.6) is 0 Å². The first-order valence-electron chi connectivity index (χ1n) is 8.23. The summed E-state index contributed by atoms with van der Waals surface area (Å²) in [6.45, 7) is 5.19. The highest BCUT2D eigenvalue weighted by Crippen LogP contribution is 2.16. The molecule has 0 saturated carbocycles.